The van der Waals surface area contributed by atoms with Crippen LogP contribution < -0.4 is 32.7 Å². The third kappa shape index (κ3) is 19.8. The van der Waals surface area contributed by atoms with Gasteiger partial charge in [-0.2, -0.15) is 12.6 Å². The second-order valence-corrected chi connectivity index (χ2v) is 8.03. The molecule has 0 aliphatic rings. The molecule has 0 spiro atoms. The van der Waals surface area contributed by atoms with E-state index in [0.29, 0.717) is 13.0 Å². The van der Waals surface area contributed by atoms with Crippen molar-refractivity contribution in [2.45, 2.75) is 50.2 Å². The Labute approximate surface area is 227 Å². The predicted molar refractivity (Wildman–Crippen MR) is 134 cm³/mol. The van der Waals surface area contributed by atoms with E-state index in [0.717, 1.165) is 0 Å². The SMILES string of the molecule is NC(CNC(=O)CCC(NC(=O)C(=O)O)C(=O)O)C(=O)NC(CC(=O)O)C(=O)NCCS.NCCCC(=O)O. The number of aliphatic carboxylic acids is 4. The number of carboxylic acid groups (broad SMARTS) is 4. The molecule has 0 aromatic heterocycles. The number of amides is 4. The summed E-state index contributed by atoms with van der Waals surface area (Å²) in [5.41, 5.74) is 10.6. The first-order valence-corrected chi connectivity index (χ1v) is 11.9. The quantitative estimate of drug-likeness (QED) is 0.0571. The molecule has 0 heterocycles. The summed E-state index contributed by atoms with van der Waals surface area (Å²) in [5, 5.41) is 42.8. The van der Waals surface area contributed by atoms with Crippen LogP contribution >= 0.6 is 12.6 Å². The molecule has 4 amide bonds. The van der Waals surface area contributed by atoms with Gasteiger partial charge in [0, 0.05) is 31.7 Å². The first-order valence-electron chi connectivity index (χ1n) is 11.3. The lowest BCUT2D eigenvalue weighted by atomic mass is 10.1. The molecule has 0 aromatic rings. The molecule has 3 unspecified atom stereocenters. The smallest absolute Gasteiger partial charge is 0.394 e. The van der Waals surface area contributed by atoms with Gasteiger partial charge in [-0.1, -0.05) is 0 Å². The topological polar surface area (TPSA) is 318 Å². The second-order valence-electron chi connectivity index (χ2n) is 7.58. The Bertz CT molecular complexity index is 887. The molecule has 0 aliphatic heterocycles. The molecule has 18 nitrogen and oxygen atoms in total. The number of hydrogen-bond donors (Lipinski definition) is 11. The zero-order valence-electron chi connectivity index (χ0n) is 20.8. The van der Waals surface area contributed by atoms with Crippen LogP contribution in [0, 0.1) is 0 Å². The van der Waals surface area contributed by atoms with Crippen molar-refractivity contribution >= 4 is 60.1 Å². The Morgan fingerprint density at radius 1 is 0.795 bits per heavy atom. The maximum atomic E-state index is 12.1. The molecule has 0 aliphatic carbocycles. The highest BCUT2D eigenvalue weighted by Crippen LogP contribution is 1.99. The summed E-state index contributed by atoms with van der Waals surface area (Å²) in [5.74, 6) is -9.25. The van der Waals surface area contributed by atoms with Crippen LogP contribution in [0.1, 0.15) is 32.1 Å². The minimum atomic E-state index is -1.89. The molecule has 19 heteroatoms. The fraction of sp³-hybridized carbons (Fsp3) is 0.600. The summed E-state index contributed by atoms with van der Waals surface area (Å²) in [6, 6.07) is -4.40. The van der Waals surface area contributed by atoms with Crippen LogP contribution in [0.4, 0.5) is 0 Å². The van der Waals surface area contributed by atoms with Gasteiger partial charge in [0.2, 0.25) is 17.7 Å². The molecule has 0 fully saturated rings. The summed E-state index contributed by atoms with van der Waals surface area (Å²) in [6.45, 7) is 0.175. The minimum Gasteiger partial charge on any atom is -0.481 e. The molecule has 222 valence electrons. The molecule has 12 N–H and O–H groups in total. The van der Waals surface area contributed by atoms with Crippen LogP contribution in [-0.2, 0) is 38.4 Å². The van der Waals surface area contributed by atoms with Gasteiger partial charge in [0.05, 0.1) is 6.42 Å². The van der Waals surface area contributed by atoms with Gasteiger partial charge in [0.25, 0.3) is 0 Å². The molecule has 0 radical (unpaired) electrons. The first-order chi connectivity index (χ1) is 18.2. The standard InChI is InChI=1S/C16H25N5O10S.C4H9NO2/c17-7(12(25)21-9(5-11(23)24)13(26)18-3-4-32)6-19-10(22)2-1-8(15(28)29)20-14(27)16(30)31;5-3-1-2-4(6)7/h7-9,32H,1-6,17H2,(H,18,26)(H,19,22)(H,20,27)(H,21,25)(H,23,24)(H,28,29)(H,30,31);1-3,5H2,(H,6,7). The van der Waals surface area contributed by atoms with Gasteiger partial charge in [-0.25, -0.2) is 9.59 Å². The Kier molecular flexibility index (Phi) is 20.0. The first kappa shape index (κ1) is 37.2. The number of nitrogens with two attached hydrogens (primary N) is 2. The number of hydrogen-bond acceptors (Lipinski definition) is 11. The van der Waals surface area contributed by atoms with Crippen molar-refractivity contribution in [1.29, 1.82) is 0 Å². The summed E-state index contributed by atoms with van der Waals surface area (Å²) in [4.78, 5) is 89.0. The third-order valence-corrected chi connectivity index (χ3v) is 4.55. The Balaban J connectivity index is 0. The van der Waals surface area contributed by atoms with Crippen LogP contribution in [0.5, 0.6) is 0 Å². The number of thiol groups is 1. The largest absolute Gasteiger partial charge is 0.481 e. The van der Waals surface area contributed by atoms with Gasteiger partial charge < -0.3 is 53.2 Å². The molecule has 0 saturated heterocycles. The van der Waals surface area contributed by atoms with E-state index in [1.165, 1.54) is 0 Å². The van der Waals surface area contributed by atoms with Crippen LogP contribution in [0.15, 0.2) is 0 Å². The average molecular weight is 583 g/mol. The van der Waals surface area contributed by atoms with Crippen molar-refractivity contribution in [2.75, 3.05) is 25.4 Å². The summed E-state index contributed by atoms with van der Waals surface area (Å²) < 4.78 is 0. The van der Waals surface area contributed by atoms with Gasteiger partial charge in [0.1, 0.15) is 18.1 Å². The molecule has 0 rings (SSSR count). The van der Waals surface area contributed by atoms with Crippen molar-refractivity contribution in [3.8, 4) is 0 Å². The van der Waals surface area contributed by atoms with E-state index in [-0.39, 0.29) is 18.7 Å². The number of carboxylic acids is 4. The maximum absolute atomic E-state index is 12.1. The summed E-state index contributed by atoms with van der Waals surface area (Å²) in [7, 11) is 0. The van der Waals surface area contributed by atoms with Gasteiger partial charge in [-0.3, -0.25) is 28.8 Å². The molecule has 39 heavy (non-hydrogen) atoms. The monoisotopic (exact) mass is 582 g/mol. The summed E-state index contributed by atoms with van der Waals surface area (Å²) >= 11 is 3.89. The van der Waals surface area contributed by atoms with Gasteiger partial charge in [0.15, 0.2) is 0 Å². The number of carbonyl (C=O) groups is 8. The normalized spacial score (nSPS) is 12.3. The summed E-state index contributed by atoms with van der Waals surface area (Å²) in [6.07, 6.45) is -0.819. The molecule has 3 atom stereocenters. The minimum absolute atomic E-state index is 0.139. The van der Waals surface area contributed by atoms with Crippen molar-refractivity contribution in [1.82, 2.24) is 21.3 Å². The van der Waals surface area contributed by atoms with E-state index < -0.39 is 91.4 Å². The Morgan fingerprint density at radius 3 is 1.85 bits per heavy atom. The number of nitrogens with one attached hydrogen (secondary N) is 4. The van der Waals surface area contributed by atoms with Crippen molar-refractivity contribution < 1.29 is 58.8 Å². The van der Waals surface area contributed by atoms with Crippen molar-refractivity contribution in [3.63, 3.8) is 0 Å². The third-order valence-electron chi connectivity index (χ3n) is 4.33. The van der Waals surface area contributed by atoms with Gasteiger partial charge in [-0.05, 0) is 19.4 Å². The Morgan fingerprint density at radius 2 is 1.41 bits per heavy atom. The highest BCUT2D eigenvalue weighted by atomic mass is 32.1. The predicted octanol–water partition coefficient (Wildman–Crippen LogP) is -4.32. The zero-order chi connectivity index (χ0) is 30.5. The van der Waals surface area contributed by atoms with Crippen LogP contribution in [0.3, 0.4) is 0 Å². The van der Waals surface area contributed by atoms with E-state index >= 15 is 0 Å². The maximum Gasteiger partial charge on any atom is 0.394 e. The van der Waals surface area contributed by atoms with E-state index in [9.17, 15) is 38.4 Å². The van der Waals surface area contributed by atoms with Gasteiger partial charge in [-0.15, -0.1) is 0 Å². The lowest BCUT2D eigenvalue weighted by molar-refractivity contribution is -0.152. The second kappa shape index (κ2) is 21.0. The van der Waals surface area contributed by atoms with E-state index in [4.69, 9.17) is 31.9 Å². The molecule has 0 bridgehead atoms. The van der Waals surface area contributed by atoms with E-state index in [1.807, 2.05) is 0 Å². The molecule has 0 saturated carbocycles. The number of rotatable bonds is 17. The molecular formula is C20H34N6O12S. The van der Waals surface area contributed by atoms with Crippen LogP contribution in [0.2, 0.25) is 0 Å². The van der Waals surface area contributed by atoms with Crippen molar-refractivity contribution in [2.24, 2.45) is 11.5 Å². The zero-order valence-corrected chi connectivity index (χ0v) is 21.6. The van der Waals surface area contributed by atoms with Crippen LogP contribution in [0.25, 0.3) is 0 Å². The fourth-order valence-electron chi connectivity index (χ4n) is 2.38. The molecular weight excluding hydrogens is 548 g/mol. The Hall–Kier alpha value is -3.97. The van der Waals surface area contributed by atoms with Crippen LogP contribution in [-0.4, -0.2) is 111 Å². The van der Waals surface area contributed by atoms with Gasteiger partial charge >= 0.3 is 29.8 Å². The number of carbonyl (C=O) groups excluding carboxylic acids is 4. The lowest BCUT2D eigenvalue weighted by Crippen LogP contribution is -2.55. The fourth-order valence-corrected chi connectivity index (χ4v) is 2.49. The molecule has 0 aromatic carbocycles. The highest BCUT2D eigenvalue weighted by molar-refractivity contribution is 7.80. The van der Waals surface area contributed by atoms with E-state index in [1.54, 1.807) is 5.32 Å². The van der Waals surface area contributed by atoms with Crippen molar-refractivity contribution in [3.05, 3.63) is 0 Å². The average Bonchev–Trinajstić information content (AvgIpc) is 2.85. The van der Waals surface area contributed by atoms with E-state index in [2.05, 4.69) is 28.6 Å². The highest BCUT2D eigenvalue weighted by Gasteiger charge is 2.27. The lowest BCUT2D eigenvalue weighted by Gasteiger charge is -2.19.